The predicted octanol–water partition coefficient (Wildman–Crippen LogP) is 5.15. The van der Waals surface area contributed by atoms with E-state index in [1.807, 2.05) is 59.3 Å². The molecule has 0 saturated heterocycles. The van der Waals surface area contributed by atoms with Crippen molar-refractivity contribution < 1.29 is 0 Å². The van der Waals surface area contributed by atoms with E-state index in [1.54, 1.807) is 0 Å². The highest BCUT2D eigenvalue weighted by Gasteiger charge is 2.12. The average molecular weight is 325 g/mol. The van der Waals surface area contributed by atoms with Crippen LogP contribution in [0.4, 0.5) is 5.69 Å². The second-order valence-corrected chi connectivity index (χ2v) is 5.87. The van der Waals surface area contributed by atoms with E-state index >= 15 is 0 Å². The molecule has 0 aliphatic carbocycles. The number of nitrogens with one attached hydrogen (secondary N) is 1. The molecule has 0 amide bonds. The SMILES string of the molecule is c1ccc(NCc2cn(-c3ccccc3)nc2-c2ccccc2)cc1. The number of benzene rings is 3. The van der Waals surface area contributed by atoms with Gasteiger partial charge < -0.3 is 5.32 Å². The van der Waals surface area contributed by atoms with Crippen molar-refractivity contribution in [3.05, 3.63) is 103 Å². The van der Waals surface area contributed by atoms with Crippen molar-refractivity contribution in [1.29, 1.82) is 0 Å². The summed E-state index contributed by atoms with van der Waals surface area (Å²) in [5, 5.41) is 8.32. The number of rotatable bonds is 5. The molecule has 3 nitrogen and oxygen atoms in total. The first kappa shape index (κ1) is 15.2. The molecule has 0 saturated carbocycles. The number of nitrogens with zero attached hydrogens (tertiary/aromatic N) is 2. The Balaban J connectivity index is 1.69. The lowest BCUT2D eigenvalue weighted by Gasteiger charge is -2.06. The third-order valence-corrected chi connectivity index (χ3v) is 4.11. The van der Waals surface area contributed by atoms with Gasteiger partial charge in [0.15, 0.2) is 0 Å². The summed E-state index contributed by atoms with van der Waals surface area (Å²) in [4.78, 5) is 0. The van der Waals surface area contributed by atoms with Crippen LogP contribution in [0.2, 0.25) is 0 Å². The van der Waals surface area contributed by atoms with Gasteiger partial charge in [0, 0.05) is 29.6 Å². The summed E-state index contributed by atoms with van der Waals surface area (Å²) in [6.07, 6.45) is 2.10. The maximum Gasteiger partial charge on any atom is 0.0977 e. The fraction of sp³-hybridized carbons (Fsp3) is 0.0455. The molecule has 0 fully saturated rings. The molecule has 0 radical (unpaired) electrons. The predicted molar refractivity (Wildman–Crippen MR) is 103 cm³/mol. The van der Waals surface area contributed by atoms with Crippen LogP contribution < -0.4 is 5.32 Å². The summed E-state index contributed by atoms with van der Waals surface area (Å²) in [6.45, 7) is 0.723. The van der Waals surface area contributed by atoms with Gasteiger partial charge in [-0.25, -0.2) is 4.68 Å². The van der Waals surface area contributed by atoms with E-state index in [4.69, 9.17) is 5.10 Å². The van der Waals surface area contributed by atoms with Crippen LogP contribution in [0.5, 0.6) is 0 Å². The summed E-state index contributed by atoms with van der Waals surface area (Å²) in [5.41, 5.74) is 5.47. The van der Waals surface area contributed by atoms with Crippen molar-refractivity contribution in [3.63, 3.8) is 0 Å². The number of para-hydroxylation sites is 2. The van der Waals surface area contributed by atoms with Crippen LogP contribution in [0.15, 0.2) is 97.2 Å². The summed E-state index contributed by atoms with van der Waals surface area (Å²) in [7, 11) is 0. The highest BCUT2D eigenvalue weighted by molar-refractivity contribution is 5.64. The summed E-state index contributed by atoms with van der Waals surface area (Å²) >= 11 is 0. The van der Waals surface area contributed by atoms with Gasteiger partial charge in [-0.1, -0.05) is 66.7 Å². The lowest BCUT2D eigenvalue weighted by atomic mass is 10.1. The molecule has 0 aliphatic rings. The first-order valence-corrected chi connectivity index (χ1v) is 8.38. The van der Waals surface area contributed by atoms with Crippen LogP contribution in [-0.4, -0.2) is 9.78 Å². The van der Waals surface area contributed by atoms with E-state index in [-0.39, 0.29) is 0 Å². The van der Waals surface area contributed by atoms with Crippen molar-refractivity contribution >= 4 is 5.69 Å². The zero-order chi connectivity index (χ0) is 16.9. The van der Waals surface area contributed by atoms with Crippen LogP contribution in [0.1, 0.15) is 5.56 Å². The minimum Gasteiger partial charge on any atom is -0.381 e. The fourth-order valence-corrected chi connectivity index (χ4v) is 2.84. The molecule has 3 aromatic carbocycles. The normalized spacial score (nSPS) is 10.6. The van der Waals surface area contributed by atoms with Gasteiger partial charge in [0.05, 0.1) is 11.4 Å². The maximum absolute atomic E-state index is 4.84. The molecule has 0 atom stereocenters. The molecule has 0 spiro atoms. The second-order valence-electron chi connectivity index (χ2n) is 5.87. The van der Waals surface area contributed by atoms with Crippen molar-refractivity contribution in [3.8, 4) is 16.9 Å². The van der Waals surface area contributed by atoms with Gasteiger partial charge >= 0.3 is 0 Å². The zero-order valence-electron chi connectivity index (χ0n) is 13.8. The molecule has 4 aromatic rings. The minimum atomic E-state index is 0.723. The largest absolute Gasteiger partial charge is 0.381 e. The van der Waals surface area contributed by atoms with Crippen molar-refractivity contribution in [2.45, 2.75) is 6.54 Å². The highest BCUT2D eigenvalue weighted by atomic mass is 15.3. The molecule has 25 heavy (non-hydrogen) atoms. The van der Waals surface area contributed by atoms with Crippen LogP contribution >= 0.6 is 0 Å². The lowest BCUT2D eigenvalue weighted by Crippen LogP contribution is -1.99. The molecule has 1 N–H and O–H groups in total. The molecular weight excluding hydrogens is 306 g/mol. The molecule has 3 heteroatoms. The fourth-order valence-electron chi connectivity index (χ4n) is 2.84. The van der Waals surface area contributed by atoms with E-state index in [0.717, 1.165) is 29.2 Å². The Hall–Kier alpha value is -3.33. The first-order valence-electron chi connectivity index (χ1n) is 8.38. The highest BCUT2D eigenvalue weighted by Crippen LogP contribution is 2.24. The Labute approximate surface area is 147 Å². The average Bonchev–Trinajstić information content (AvgIpc) is 3.13. The van der Waals surface area contributed by atoms with Crippen molar-refractivity contribution in [1.82, 2.24) is 9.78 Å². The maximum atomic E-state index is 4.84. The Morgan fingerprint density at radius 2 is 1.32 bits per heavy atom. The molecule has 4 rings (SSSR count). The van der Waals surface area contributed by atoms with Gasteiger partial charge in [-0.15, -0.1) is 0 Å². The van der Waals surface area contributed by atoms with Gasteiger partial charge in [-0.05, 0) is 24.3 Å². The third kappa shape index (κ3) is 3.45. The van der Waals surface area contributed by atoms with Crippen LogP contribution in [0, 0.1) is 0 Å². The molecule has 122 valence electrons. The molecule has 0 unspecified atom stereocenters. The molecular formula is C22H19N3. The third-order valence-electron chi connectivity index (χ3n) is 4.11. The topological polar surface area (TPSA) is 29.9 Å². The first-order chi connectivity index (χ1) is 12.4. The summed E-state index contributed by atoms with van der Waals surface area (Å²) < 4.78 is 1.95. The monoisotopic (exact) mass is 325 g/mol. The number of anilines is 1. The lowest BCUT2D eigenvalue weighted by molar-refractivity contribution is 0.883. The zero-order valence-corrected chi connectivity index (χ0v) is 13.8. The molecule has 0 aliphatic heterocycles. The quantitative estimate of drug-likeness (QED) is 0.550. The van der Waals surface area contributed by atoms with E-state index in [2.05, 4.69) is 47.9 Å². The second kappa shape index (κ2) is 7.05. The smallest absolute Gasteiger partial charge is 0.0977 e. The Kier molecular flexibility index (Phi) is 4.29. The molecule has 0 bridgehead atoms. The Morgan fingerprint density at radius 3 is 2.00 bits per heavy atom. The van der Waals surface area contributed by atoms with Gasteiger partial charge in [0.1, 0.15) is 0 Å². The van der Waals surface area contributed by atoms with E-state index in [9.17, 15) is 0 Å². The van der Waals surface area contributed by atoms with Gasteiger partial charge in [-0.2, -0.15) is 5.10 Å². The number of aromatic nitrogens is 2. The standard InChI is InChI=1S/C22H19N3/c1-4-10-18(11-5-1)22-19(16-23-20-12-6-2-7-13-20)17-25(24-22)21-14-8-3-9-15-21/h1-15,17,23H,16H2. The number of hydrogen-bond donors (Lipinski definition) is 1. The van der Waals surface area contributed by atoms with Crippen LogP contribution in [0.25, 0.3) is 16.9 Å². The van der Waals surface area contributed by atoms with E-state index < -0.39 is 0 Å². The number of hydrogen-bond acceptors (Lipinski definition) is 2. The molecule has 1 aromatic heterocycles. The van der Waals surface area contributed by atoms with Gasteiger partial charge in [0.25, 0.3) is 0 Å². The molecule has 1 heterocycles. The van der Waals surface area contributed by atoms with Gasteiger partial charge in [0.2, 0.25) is 0 Å². The summed E-state index contributed by atoms with van der Waals surface area (Å²) in [6, 6.07) is 30.8. The van der Waals surface area contributed by atoms with Crippen molar-refractivity contribution in [2.75, 3.05) is 5.32 Å². The van der Waals surface area contributed by atoms with E-state index in [1.165, 1.54) is 5.56 Å². The van der Waals surface area contributed by atoms with Gasteiger partial charge in [-0.3, -0.25) is 0 Å². The minimum absolute atomic E-state index is 0.723. The van der Waals surface area contributed by atoms with Crippen LogP contribution in [0.3, 0.4) is 0 Å². The van der Waals surface area contributed by atoms with Crippen molar-refractivity contribution in [2.24, 2.45) is 0 Å². The summed E-state index contributed by atoms with van der Waals surface area (Å²) in [5.74, 6) is 0. The van der Waals surface area contributed by atoms with Crippen LogP contribution in [-0.2, 0) is 6.54 Å². The Morgan fingerprint density at radius 1 is 0.720 bits per heavy atom. The Bertz CT molecular complexity index is 929. The van der Waals surface area contributed by atoms with E-state index in [0.29, 0.717) is 0 Å².